The van der Waals surface area contributed by atoms with Gasteiger partial charge in [-0.2, -0.15) is 0 Å². The Morgan fingerprint density at radius 1 is 0.903 bits per heavy atom. The van der Waals surface area contributed by atoms with Crippen molar-refractivity contribution in [2.75, 3.05) is 12.4 Å². The van der Waals surface area contributed by atoms with Crippen molar-refractivity contribution in [1.82, 2.24) is 4.90 Å². The predicted molar refractivity (Wildman–Crippen MR) is 123 cm³/mol. The fourth-order valence-corrected chi connectivity index (χ4v) is 3.24. The average Bonchev–Trinajstić information content (AvgIpc) is 2.82. The number of ether oxygens (including phenoxy) is 1. The topological polar surface area (TPSA) is 58.6 Å². The van der Waals surface area contributed by atoms with Crippen molar-refractivity contribution < 1.29 is 14.3 Å². The molecule has 2 amide bonds. The number of hydrogen-bond acceptors (Lipinski definition) is 3. The van der Waals surface area contributed by atoms with Gasteiger partial charge < -0.3 is 15.0 Å². The highest BCUT2D eigenvalue weighted by molar-refractivity contribution is 6.04. The van der Waals surface area contributed by atoms with Crippen molar-refractivity contribution in [3.05, 3.63) is 102 Å². The maximum atomic E-state index is 12.9. The van der Waals surface area contributed by atoms with Gasteiger partial charge in [0.2, 0.25) is 0 Å². The smallest absolute Gasteiger partial charge is 0.255 e. The van der Waals surface area contributed by atoms with E-state index in [2.05, 4.69) is 5.32 Å². The molecule has 0 radical (unpaired) electrons. The van der Waals surface area contributed by atoms with Crippen LogP contribution in [0.3, 0.4) is 0 Å². The van der Waals surface area contributed by atoms with Crippen LogP contribution in [-0.4, -0.2) is 29.9 Å². The minimum atomic E-state index is -0.561. The number of hydrogen-bond donors (Lipinski definition) is 1. The van der Waals surface area contributed by atoms with E-state index in [-0.39, 0.29) is 17.9 Å². The van der Waals surface area contributed by atoms with E-state index < -0.39 is 6.10 Å². The summed E-state index contributed by atoms with van der Waals surface area (Å²) in [5.41, 5.74) is 3.24. The van der Waals surface area contributed by atoms with Gasteiger partial charge in [-0.1, -0.05) is 60.7 Å². The Kier molecular flexibility index (Phi) is 7.57. The number of nitrogens with zero attached hydrogens (tertiary/aromatic N) is 1. The lowest BCUT2D eigenvalue weighted by Gasteiger charge is -2.28. The molecule has 31 heavy (non-hydrogen) atoms. The van der Waals surface area contributed by atoms with Crippen LogP contribution in [0.15, 0.2) is 84.9 Å². The largest absolute Gasteiger partial charge is 0.364 e. The molecule has 0 aliphatic carbocycles. The van der Waals surface area contributed by atoms with E-state index in [4.69, 9.17) is 4.74 Å². The molecule has 1 N–H and O–H groups in total. The highest BCUT2D eigenvalue weighted by Crippen LogP contribution is 2.23. The molecule has 3 rings (SSSR count). The van der Waals surface area contributed by atoms with Gasteiger partial charge in [-0.3, -0.25) is 9.59 Å². The lowest BCUT2D eigenvalue weighted by atomic mass is 10.1. The number of anilines is 1. The highest BCUT2D eigenvalue weighted by Gasteiger charge is 2.23. The molecule has 0 aromatic heterocycles. The molecule has 5 heteroatoms. The fraction of sp³-hybridized carbons (Fsp3) is 0.231. The summed E-state index contributed by atoms with van der Waals surface area (Å²) in [5.74, 6) is -0.264. The van der Waals surface area contributed by atoms with Crippen LogP contribution in [0.5, 0.6) is 0 Å². The molecule has 3 aromatic rings. The number of nitrogens with one attached hydrogen (secondary N) is 1. The van der Waals surface area contributed by atoms with Crippen LogP contribution in [0.1, 0.15) is 41.4 Å². The number of likely N-dealkylation sites (N-methyl/N-ethyl adjacent to an activating group) is 1. The van der Waals surface area contributed by atoms with Crippen molar-refractivity contribution in [3.8, 4) is 0 Å². The van der Waals surface area contributed by atoms with Gasteiger partial charge in [0, 0.05) is 18.3 Å². The molecule has 0 fully saturated rings. The van der Waals surface area contributed by atoms with Gasteiger partial charge in [-0.05, 0) is 49.2 Å². The third kappa shape index (κ3) is 6.03. The normalized spacial score (nSPS) is 12.6. The maximum absolute atomic E-state index is 12.9. The van der Waals surface area contributed by atoms with Gasteiger partial charge >= 0.3 is 0 Å². The van der Waals surface area contributed by atoms with Crippen LogP contribution in [0.25, 0.3) is 0 Å². The lowest BCUT2D eigenvalue weighted by molar-refractivity contribution is -0.144. The number of benzene rings is 3. The zero-order chi connectivity index (χ0) is 22.2. The van der Waals surface area contributed by atoms with Crippen LogP contribution in [0, 0.1) is 0 Å². The van der Waals surface area contributed by atoms with Crippen LogP contribution in [-0.2, 0) is 16.1 Å². The van der Waals surface area contributed by atoms with Gasteiger partial charge in [-0.25, -0.2) is 0 Å². The standard InChI is InChI=1S/C26H28N2O3/c1-19(28(3)26(30)20(2)31-18-21-11-6-4-7-12-21)23-15-10-16-24(17-23)27-25(29)22-13-8-5-9-14-22/h4-17,19-20H,18H2,1-3H3,(H,27,29). The molecule has 0 spiro atoms. The number of rotatable bonds is 8. The van der Waals surface area contributed by atoms with Crippen molar-refractivity contribution in [1.29, 1.82) is 0 Å². The van der Waals surface area contributed by atoms with E-state index in [1.54, 1.807) is 31.0 Å². The molecular weight excluding hydrogens is 388 g/mol. The SMILES string of the molecule is CC(OCc1ccccc1)C(=O)N(C)C(C)c1cccc(NC(=O)c2ccccc2)c1. The first kappa shape index (κ1) is 22.2. The molecule has 0 heterocycles. The minimum Gasteiger partial charge on any atom is -0.364 e. The van der Waals surface area contributed by atoms with Crippen LogP contribution < -0.4 is 5.32 Å². The number of carbonyl (C=O) groups is 2. The Hall–Kier alpha value is -3.44. The summed E-state index contributed by atoms with van der Waals surface area (Å²) in [6.07, 6.45) is -0.561. The number of carbonyl (C=O) groups excluding carboxylic acids is 2. The maximum Gasteiger partial charge on any atom is 0.255 e. The molecule has 160 valence electrons. The zero-order valence-corrected chi connectivity index (χ0v) is 18.1. The molecule has 0 saturated heterocycles. The first-order valence-electron chi connectivity index (χ1n) is 10.3. The molecular formula is C26H28N2O3. The van der Waals surface area contributed by atoms with E-state index in [1.807, 2.05) is 79.7 Å². The average molecular weight is 417 g/mol. The first-order chi connectivity index (χ1) is 15.0. The predicted octanol–water partition coefficient (Wildman–Crippen LogP) is 5.06. The Morgan fingerprint density at radius 3 is 2.23 bits per heavy atom. The van der Waals surface area contributed by atoms with E-state index >= 15 is 0 Å². The molecule has 2 atom stereocenters. The molecule has 0 bridgehead atoms. The fourth-order valence-electron chi connectivity index (χ4n) is 3.24. The molecule has 0 aliphatic heterocycles. The quantitative estimate of drug-likeness (QED) is 0.558. The summed E-state index contributed by atoms with van der Waals surface area (Å²) in [5, 5.41) is 2.92. The second-order valence-corrected chi connectivity index (χ2v) is 7.51. The van der Waals surface area contributed by atoms with E-state index in [1.165, 1.54) is 0 Å². The highest BCUT2D eigenvalue weighted by atomic mass is 16.5. The third-order valence-electron chi connectivity index (χ3n) is 5.28. The summed E-state index contributed by atoms with van der Waals surface area (Å²) >= 11 is 0. The van der Waals surface area contributed by atoms with E-state index in [0.29, 0.717) is 17.9 Å². The lowest BCUT2D eigenvalue weighted by Crippen LogP contribution is -2.37. The summed E-state index contributed by atoms with van der Waals surface area (Å²) in [6, 6.07) is 26.2. The Morgan fingerprint density at radius 2 is 1.55 bits per heavy atom. The van der Waals surface area contributed by atoms with Gasteiger partial charge in [0.1, 0.15) is 6.10 Å². The van der Waals surface area contributed by atoms with Crippen molar-refractivity contribution in [3.63, 3.8) is 0 Å². The molecule has 0 aliphatic rings. The first-order valence-corrected chi connectivity index (χ1v) is 10.3. The third-order valence-corrected chi connectivity index (χ3v) is 5.28. The minimum absolute atomic E-state index is 0.0952. The Bertz CT molecular complexity index is 1010. The van der Waals surface area contributed by atoms with Crippen molar-refractivity contribution in [2.45, 2.75) is 32.6 Å². The summed E-state index contributed by atoms with van der Waals surface area (Å²) in [7, 11) is 1.77. The summed E-state index contributed by atoms with van der Waals surface area (Å²) < 4.78 is 5.77. The number of amides is 2. The van der Waals surface area contributed by atoms with Gasteiger partial charge in [0.05, 0.1) is 12.6 Å². The molecule has 3 aromatic carbocycles. The Balaban J connectivity index is 1.61. The van der Waals surface area contributed by atoms with E-state index in [0.717, 1.165) is 11.1 Å². The molecule has 2 unspecified atom stereocenters. The van der Waals surface area contributed by atoms with Gasteiger partial charge in [0.25, 0.3) is 11.8 Å². The summed E-state index contributed by atoms with van der Waals surface area (Å²) in [6.45, 7) is 4.11. The van der Waals surface area contributed by atoms with Crippen LogP contribution in [0.4, 0.5) is 5.69 Å². The zero-order valence-electron chi connectivity index (χ0n) is 18.1. The van der Waals surface area contributed by atoms with Crippen LogP contribution in [0.2, 0.25) is 0 Å². The second-order valence-electron chi connectivity index (χ2n) is 7.51. The van der Waals surface area contributed by atoms with Gasteiger partial charge in [-0.15, -0.1) is 0 Å². The van der Waals surface area contributed by atoms with Crippen LogP contribution >= 0.6 is 0 Å². The van der Waals surface area contributed by atoms with E-state index in [9.17, 15) is 9.59 Å². The second kappa shape index (κ2) is 10.5. The molecule has 0 saturated carbocycles. The summed E-state index contributed by atoms with van der Waals surface area (Å²) in [4.78, 5) is 27.0. The van der Waals surface area contributed by atoms with Gasteiger partial charge in [0.15, 0.2) is 0 Å². The van der Waals surface area contributed by atoms with Crippen molar-refractivity contribution >= 4 is 17.5 Å². The Labute approximate surface area is 183 Å². The van der Waals surface area contributed by atoms with Crippen molar-refractivity contribution in [2.24, 2.45) is 0 Å². The monoisotopic (exact) mass is 416 g/mol. The molecule has 5 nitrogen and oxygen atoms in total.